The molecule has 38 heavy (non-hydrogen) atoms. The molecule has 0 fully saturated rings. The number of pyridine rings is 1. The fraction of sp³-hybridized carbons (Fsp3) is 0.217. The summed E-state index contributed by atoms with van der Waals surface area (Å²) in [6, 6.07) is 6.71. The van der Waals surface area contributed by atoms with Crippen LogP contribution in [0.5, 0.6) is 0 Å². The Balaban J connectivity index is 1.79. The number of oxime groups is 1. The van der Waals surface area contributed by atoms with Crippen LogP contribution in [0.1, 0.15) is 38.5 Å². The second-order valence-electron chi connectivity index (χ2n) is 7.55. The van der Waals surface area contributed by atoms with Gasteiger partial charge in [-0.05, 0) is 30.3 Å². The average Bonchev–Trinajstić information content (AvgIpc) is 3.59. The first-order valence-electron chi connectivity index (χ1n) is 10.9. The first-order valence-corrected chi connectivity index (χ1v) is 11.7. The molecule has 1 aromatic carbocycles. The van der Waals surface area contributed by atoms with Crippen LogP contribution in [0.4, 0.5) is 14.5 Å². The SMILES string of the molecule is CNC(=O)c1cc(C(=NOC)C2=NCCO2)cc(Cl)c1NC(=O)c1cc(C(F)F)nn1-c1ncccc1Cl. The van der Waals surface area contributed by atoms with E-state index < -0.39 is 23.9 Å². The molecule has 0 radical (unpaired) electrons. The Morgan fingerprint density at radius 1 is 1.21 bits per heavy atom. The molecule has 2 N–H and O–H groups in total. The zero-order valence-electron chi connectivity index (χ0n) is 19.8. The molecule has 0 bridgehead atoms. The van der Waals surface area contributed by atoms with Gasteiger partial charge in [-0.25, -0.2) is 23.4 Å². The van der Waals surface area contributed by atoms with Crippen LogP contribution in [0.15, 0.2) is 46.7 Å². The molecule has 198 valence electrons. The van der Waals surface area contributed by atoms with Crippen LogP contribution in [-0.4, -0.2) is 65.5 Å². The van der Waals surface area contributed by atoms with Crippen molar-refractivity contribution in [2.45, 2.75) is 6.43 Å². The summed E-state index contributed by atoms with van der Waals surface area (Å²) in [7, 11) is 2.71. The number of carbonyl (C=O) groups excluding carboxylic acids is 2. The molecule has 0 saturated heterocycles. The first kappa shape index (κ1) is 26.9. The van der Waals surface area contributed by atoms with E-state index in [1.165, 1.54) is 44.6 Å². The molecular formula is C23H19Cl2F2N7O4. The average molecular weight is 566 g/mol. The van der Waals surface area contributed by atoms with Gasteiger partial charge in [0.25, 0.3) is 18.2 Å². The number of halogens is 4. The lowest BCUT2D eigenvalue weighted by molar-refractivity contribution is 0.0964. The number of amides is 2. The Morgan fingerprint density at radius 2 is 2.00 bits per heavy atom. The van der Waals surface area contributed by atoms with Gasteiger partial charge < -0.3 is 20.2 Å². The number of nitrogens with zero attached hydrogens (tertiary/aromatic N) is 5. The number of aliphatic imine (C=N–C) groups is 1. The number of carbonyl (C=O) groups is 2. The lowest BCUT2D eigenvalue weighted by Gasteiger charge is -2.15. The Bertz CT molecular complexity index is 1460. The van der Waals surface area contributed by atoms with E-state index in [9.17, 15) is 18.4 Å². The Labute approximate surface area is 224 Å². The summed E-state index contributed by atoms with van der Waals surface area (Å²) < 4.78 is 33.3. The molecule has 0 atom stereocenters. The topological polar surface area (TPSA) is 132 Å². The fourth-order valence-corrected chi connectivity index (χ4v) is 3.98. The van der Waals surface area contributed by atoms with Crippen molar-refractivity contribution in [3.8, 4) is 5.82 Å². The summed E-state index contributed by atoms with van der Waals surface area (Å²) in [6.45, 7) is 0.758. The summed E-state index contributed by atoms with van der Waals surface area (Å²) in [5.41, 5.74) is -0.647. The van der Waals surface area contributed by atoms with Crippen LogP contribution < -0.4 is 10.6 Å². The quantitative estimate of drug-likeness (QED) is 0.314. The molecule has 3 heterocycles. The van der Waals surface area contributed by atoms with Gasteiger partial charge in [0, 0.05) is 18.8 Å². The summed E-state index contributed by atoms with van der Waals surface area (Å²) in [4.78, 5) is 39.3. The number of rotatable bonds is 8. The third kappa shape index (κ3) is 5.43. The van der Waals surface area contributed by atoms with Crippen LogP contribution >= 0.6 is 23.2 Å². The van der Waals surface area contributed by atoms with Crippen molar-refractivity contribution in [2.24, 2.45) is 10.1 Å². The molecule has 0 saturated carbocycles. The van der Waals surface area contributed by atoms with E-state index in [1.54, 1.807) is 0 Å². The maximum absolute atomic E-state index is 13.5. The van der Waals surface area contributed by atoms with Crippen molar-refractivity contribution in [3.63, 3.8) is 0 Å². The Morgan fingerprint density at radius 3 is 2.63 bits per heavy atom. The molecule has 11 nitrogen and oxygen atoms in total. The van der Waals surface area contributed by atoms with E-state index >= 15 is 0 Å². The molecule has 0 unspecified atom stereocenters. The van der Waals surface area contributed by atoms with Crippen molar-refractivity contribution in [3.05, 3.63) is 69.1 Å². The lowest BCUT2D eigenvalue weighted by Crippen LogP contribution is -2.24. The third-order valence-electron chi connectivity index (χ3n) is 5.17. The van der Waals surface area contributed by atoms with E-state index in [0.29, 0.717) is 18.7 Å². The van der Waals surface area contributed by atoms with Gasteiger partial charge in [0.2, 0.25) is 5.90 Å². The third-order valence-corrected chi connectivity index (χ3v) is 5.76. The van der Waals surface area contributed by atoms with Gasteiger partial charge in [-0.3, -0.25) is 9.59 Å². The van der Waals surface area contributed by atoms with Gasteiger partial charge in [-0.1, -0.05) is 28.4 Å². The maximum Gasteiger partial charge on any atom is 0.282 e. The molecule has 3 aromatic rings. The second-order valence-corrected chi connectivity index (χ2v) is 8.36. The summed E-state index contributed by atoms with van der Waals surface area (Å²) >= 11 is 12.7. The number of nitrogens with one attached hydrogen (secondary N) is 2. The van der Waals surface area contributed by atoms with Gasteiger partial charge in [0.1, 0.15) is 25.1 Å². The monoisotopic (exact) mass is 565 g/mol. The highest BCUT2D eigenvalue weighted by molar-refractivity contribution is 6.46. The molecule has 2 aromatic heterocycles. The number of ether oxygens (including phenoxy) is 1. The van der Waals surface area contributed by atoms with Gasteiger partial charge in [-0.15, -0.1) is 0 Å². The second kappa shape index (κ2) is 11.5. The van der Waals surface area contributed by atoms with Crippen molar-refractivity contribution in [1.82, 2.24) is 20.1 Å². The zero-order chi connectivity index (χ0) is 27.4. The number of alkyl halides is 2. The van der Waals surface area contributed by atoms with Crippen LogP contribution in [0.2, 0.25) is 10.0 Å². The summed E-state index contributed by atoms with van der Waals surface area (Å²) in [6.07, 6.45) is -1.61. The lowest BCUT2D eigenvalue weighted by atomic mass is 10.0. The minimum Gasteiger partial charge on any atom is -0.474 e. The number of aromatic nitrogens is 3. The molecule has 1 aliphatic rings. The molecule has 4 rings (SSSR count). The highest BCUT2D eigenvalue weighted by atomic mass is 35.5. The highest BCUT2D eigenvalue weighted by Gasteiger charge is 2.27. The van der Waals surface area contributed by atoms with Crippen molar-refractivity contribution in [2.75, 3.05) is 32.6 Å². The predicted octanol–water partition coefficient (Wildman–Crippen LogP) is 3.90. The maximum atomic E-state index is 13.5. The van der Waals surface area contributed by atoms with Crippen molar-refractivity contribution >= 4 is 52.3 Å². The van der Waals surface area contributed by atoms with Crippen LogP contribution in [0.25, 0.3) is 5.82 Å². The largest absolute Gasteiger partial charge is 0.474 e. The van der Waals surface area contributed by atoms with Gasteiger partial charge in [0.15, 0.2) is 11.5 Å². The van der Waals surface area contributed by atoms with E-state index in [2.05, 4.69) is 30.9 Å². The zero-order valence-corrected chi connectivity index (χ0v) is 21.3. The van der Waals surface area contributed by atoms with Gasteiger partial charge in [0.05, 0.1) is 27.8 Å². The number of anilines is 1. The predicted molar refractivity (Wildman–Crippen MR) is 136 cm³/mol. The molecule has 0 aliphatic carbocycles. The van der Waals surface area contributed by atoms with E-state index in [4.69, 9.17) is 32.8 Å². The molecule has 0 spiro atoms. The summed E-state index contributed by atoms with van der Waals surface area (Å²) in [5, 5.41) is 12.7. The van der Waals surface area contributed by atoms with E-state index in [0.717, 1.165) is 10.7 Å². The smallest absolute Gasteiger partial charge is 0.282 e. The molecular weight excluding hydrogens is 547 g/mol. The van der Waals surface area contributed by atoms with Crippen LogP contribution in [0, 0.1) is 0 Å². The minimum absolute atomic E-state index is 0.0445. The Hall–Kier alpha value is -4.10. The van der Waals surface area contributed by atoms with Crippen LogP contribution in [0.3, 0.4) is 0 Å². The normalized spacial score (nSPS) is 13.2. The first-order chi connectivity index (χ1) is 18.2. The van der Waals surface area contributed by atoms with Crippen molar-refractivity contribution in [1.29, 1.82) is 0 Å². The molecule has 15 heteroatoms. The van der Waals surface area contributed by atoms with Gasteiger partial charge in [-0.2, -0.15) is 5.10 Å². The fourth-order valence-electron chi connectivity index (χ4n) is 3.51. The minimum atomic E-state index is -2.98. The van der Waals surface area contributed by atoms with E-state index in [-0.39, 0.29) is 44.4 Å². The molecule has 2 amide bonds. The van der Waals surface area contributed by atoms with Crippen LogP contribution in [-0.2, 0) is 9.57 Å². The molecule has 1 aliphatic heterocycles. The van der Waals surface area contributed by atoms with E-state index in [1.807, 2.05) is 0 Å². The number of hydrogen-bond acceptors (Lipinski definition) is 8. The standard InChI is InChI=1S/C23H19Cl2F2N7O4/c1-28-21(35)12-8-11(17(33-37-2)23-30-6-7-38-23)9-14(25)18(12)31-22(36)16-10-15(19(26)27)32-34(16)20-13(24)4-3-5-29-20/h3-5,8-10,19H,6-7H2,1-2H3,(H,28,35)(H,31,36). The van der Waals surface area contributed by atoms with Crippen molar-refractivity contribution < 1.29 is 27.9 Å². The number of hydrogen-bond donors (Lipinski definition) is 2. The number of benzene rings is 1. The highest BCUT2D eigenvalue weighted by Crippen LogP contribution is 2.31. The summed E-state index contributed by atoms with van der Waals surface area (Å²) in [5.74, 6) is -1.36. The van der Waals surface area contributed by atoms with Gasteiger partial charge >= 0.3 is 0 Å². The Kier molecular flexibility index (Phi) is 8.17.